The normalized spacial score (nSPS) is 23.5. The molecule has 1 aromatic heterocycles. The predicted octanol–water partition coefficient (Wildman–Crippen LogP) is 2.34. The summed E-state index contributed by atoms with van der Waals surface area (Å²) < 4.78 is 0. The zero-order chi connectivity index (χ0) is 13.2. The van der Waals surface area contributed by atoms with E-state index in [-0.39, 0.29) is 6.04 Å². The van der Waals surface area contributed by atoms with Gasteiger partial charge in [0.05, 0.1) is 5.52 Å². The molecule has 3 rings (SSSR count). The number of likely N-dealkylation sites (N-methyl/N-ethyl adjacent to an activating group) is 1. The van der Waals surface area contributed by atoms with Crippen LogP contribution in [0.5, 0.6) is 0 Å². The van der Waals surface area contributed by atoms with Crippen LogP contribution in [-0.2, 0) is 0 Å². The molecule has 19 heavy (non-hydrogen) atoms. The van der Waals surface area contributed by atoms with E-state index in [1.165, 1.54) is 12.8 Å². The first-order valence-corrected chi connectivity index (χ1v) is 6.95. The molecule has 2 aromatic rings. The van der Waals surface area contributed by atoms with E-state index in [0.29, 0.717) is 6.04 Å². The van der Waals surface area contributed by atoms with E-state index in [1.807, 2.05) is 18.2 Å². The lowest BCUT2D eigenvalue weighted by molar-refractivity contribution is 0.373. The maximum absolute atomic E-state index is 6.28. The van der Waals surface area contributed by atoms with Crippen LogP contribution in [0.2, 0.25) is 0 Å². The van der Waals surface area contributed by atoms with Gasteiger partial charge in [-0.3, -0.25) is 0 Å². The molecule has 0 radical (unpaired) electrons. The van der Waals surface area contributed by atoms with Gasteiger partial charge < -0.3 is 10.6 Å². The summed E-state index contributed by atoms with van der Waals surface area (Å²) in [6, 6.07) is 8.76. The topological polar surface area (TPSA) is 55.0 Å². The SMILES string of the molecule is CN(c1ncnc2ccccc12)C1CCCCC1N. The minimum atomic E-state index is 0.243. The molecule has 1 heterocycles. The summed E-state index contributed by atoms with van der Waals surface area (Å²) in [7, 11) is 2.10. The molecule has 0 aliphatic heterocycles. The van der Waals surface area contributed by atoms with Crippen molar-refractivity contribution in [3.63, 3.8) is 0 Å². The number of nitrogens with zero attached hydrogens (tertiary/aromatic N) is 3. The second-order valence-corrected chi connectivity index (χ2v) is 5.34. The van der Waals surface area contributed by atoms with Gasteiger partial charge in [0.15, 0.2) is 0 Å². The second kappa shape index (κ2) is 5.13. The van der Waals surface area contributed by atoms with E-state index in [9.17, 15) is 0 Å². The molecule has 1 aromatic carbocycles. The summed E-state index contributed by atoms with van der Waals surface area (Å²) in [6.07, 6.45) is 6.40. The highest BCUT2D eigenvalue weighted by Gasteiger charge is 2.27. The van der Waals surface area contributed by atoms with Crippen molar-refractivity contribution < 1.29 is 0 Å². The highest BCUT2D eigenvalue weighted by atomic mass is 15.2. The Labute approximate surface area is 113 Å². The zero-order valence-electron chi connectivity index (χ0n) is 11.3. The van der Waals surface area contributed by atoms with Gasteiger partial charge in [-0.15, -0.1) is 0 Å². The minimum absolute atomic E-state index is 0.243. The summed E-state index contributed by atoms with van der Waals surface area (Å²) in [5.74, 6) is 0.993. The highest BCUT2D eigenvalue weighted by molar-refractivity contribution is 5.89. The fraction of sp³-hybridized carbons (Fsp3) is 0.467. The van der Waals surface area contributed by atoms with Crippen molar-refractivity contribution in [2.75, 3.05) is 11.9 Å². The highest BCUT2D eigenvalue weighted by Crippen LogP contribution is 2.28. The van der Waals surface area contributed by atoms with Gasteiger partial charge >= 0.3 is 0 Å². The van der Waals surface area contributed by atoms with Crippen LogP contribution in [0.1, 0.15) is 25.7 Å². The molecule has 0 amide bonds. The van der Waals surface area contributed by atoms with Gasteiger partial charge in [0, 0.05) is 24.5 Å². The lowest BCUT2D eigenvalue weighted by Crippen LogP contribution is -2.48. The third-order valence-corrected chi connectivity index (χ3v) is 4.13. The average molecular weight is 256 g/mol. The van der Waals surface area contributed by atoms with Crippen molar-refractivity contribution in [3.05, 3.63) is 30.6 Å². The standard InChI is InChI=1S/C15H20N4/c1-19(14-9-5-3-7-12(14)16)15-11-6-2-4-8-13(11)17-10-18-15/h2,4,6,8,10,12,14H,3,5,7,9,16H2,1H3. The summed E-state index contributed by atoms with van der Waals surface area (Å²) in [5, 5.41) is 1.10. The van der Waals surface area contributed by atoms with Crippen LogP contribution in [0.3, 0.4) is 0 Å². The van der Waals surface area contributed by atoms with Crippen molar-refractivity contribution in [3.8, 4) is 0 Å². The lowest BCUT2D eigenvalue weighted by Gasteiger charge is -2.37. The average Bonchev–Trinajstić information content (AvgIpc) is 2.46. The maximum Gasteiger partial charge on any atom is 0.139 e. The number of rotatable bonds is 2. The number of hydrogen-bond acceptors (Lipinski definition) is 4. The molecule has 0 bridgehead atoms. The van der Waals surface area contributed by atoms with E-state index in [1.54, 1.807) is 6.33 Å². The molecule has 2 atom stereocenters. The summed E-state index contributed by atoms with van der Waals surface area (Å²) in [4.78, 5) is 11.0. The summed E-state index contributed by atoms with van der Waals surface area (Å²) in [5.41, 5.74) is 7.27. The molecule has 2 unspecified atom stereocenters. The van der Waals surface area contributed by atoms with Gasteiger partial charge in [-0.05, 0) is 25.0 Å². The van der Waals surface area contributed by atoms with Gasteiger partial charge in [0.2, 0.25) is 0 Å². The molecular formula is C15H20N4. The quantitative estimate of drug-likeness (QED) is 0.896. The Hall–Kier alpha value is -1.68. The van der Waals surface area contributed by atoms with Crippen molar-refractivity contribution >= 4 is 16.7 Å². The number of para-hydroxylation sites is 1. The van der Waals surface area contributed by atoms with E-state index in [2.05, 4.69) is 28.0 Å². The van der Waals surface area contributed by atoms with Crippen LogP contribution in [0.25, 0.3) is 10.9 Å². The fourth-order valence-electron chi connectivity index (χ4n) is 3.05. The fourth-order valence-corrected chi connectivity index (χ4v) is 3.05. The van der Waals surface area contributed by atoms with Gasteiger partial charge in [-0.1, -0.05) is 25.0 Å². The Bertz CT molecular complexity index is 564. The molecule has 100 valence electrons. The van der Waals surface area contributed by atoms with Crippen molar-refractivity contribution in [2.45, 2.75) is 37.8 Å². The first-order chi connectivity index (χ1) is 9.27. The van der Waals surface area contributed by atoms with Crippen LogP contribution in [-0.4, -0.2) is 29.1 Å². The summed E-state index contributed by atoms with van der Waals surface area (Å²) >= 11 is 0. The van der Waals surface area contributed by atoms with Crippen LogP contribution in [0.4, 0.5) is 5.82 Å². The largest absolute Gasteiger partial charge is 0.355 e. The number of fused-ring (bicyclic) bond motifs is 1. The molecule has 1 aliphatic rings. The number of anilines is 1. The van der Waals surface area contributed by atoms with Gasteiger partial charge in [0.1, 0.15) is 12.1 Å². The summed E-state index contributed by atoms with van der Waals surface area (Å²) in [6.45, 7) is 0. The van der Waals surface area contributed by atoms with Gasteiger partial charge in [-0.25, -0.2) is 9.97 Å². The van der Waals surface area contributed by atoms with Crippen molar-refractivity contribution in [1.29, 1.82) is 0 Å². The Morgan fingerprint density at radius 2 is 1.95 bits per heavy atom. The van der Waals surface area contributed by atoms with Crippen LogP contribution in [0, 0.1) is 0 Å². The third kappa shape index (κ3) is 2.28. The molecule has 0 spiro atoms. The van der Waals surface area contributed by atoms with Crippen LogP contribution < -0.4 is 10.6 Å². The molecule has 0 saturated heterocycles. The molecule has 4 heteroatoms. The molecule has 1 aliphatic carbocycles. The minimum Gasteiger partial charge on any atom is -0.355 e. The smallest absolute Gasteiger partial charge is 0.139 e. The predicted molar refractivity (Wildman–Crippen MR) is 78.2 cm³/mol. The second-order valence-electron chi connectivity index (χ2n) is 5.34. The van der Waals surface area contributed by atoms with Crippen molar-refractivity contribution in [2.24, 2.45) is 5.73 Å². The van der Waals surface area contributed by atoms with Gasteiger partial charge in [0.25, 0.3) is 0 Å². The number of benzene rings is 1. The van der Waals surface area contributed by atoms with E-state index in [0.717, 1.165) is 29.6 Å². The number of hydrogen-bond donors (Lipinski definition) is 1. The van der Waals surface area contributed by atoms with Crippen LogP contribution >= 0.6 is 0 Å². The molecular weight excluding hydrogens is 236 g/mol. The first-order valence-electron chi connectivity index (χ1n) is 6.95. The Morgan fingerprint density at radius 3 is 2.79 bits per heavy atom. The number of aromatic nitrogens is 2. The van der Waals surface area contributed by atoms with Crippen molar-refractivity contribution in [1.82, 2.24) is 9.97 Å². The molecule has 2 N–H and O–H groups in total. The first kappa shape index (κ1) is 12.4. The lowest BCUT2D eigenvalue weighted by atomic mass is 9.90. The number of nitrogens with two attached hydrogens (primary N) is 1. The van der Waals surface area contributed by atoms with Gasteiger partial charge in [-0.2, -0.15) is 0 Å². The zero-order valence-corrected chi connectivity index (χ0v) is 11.3. The third-order valence-electron chi connectivity index (χ3n) is 4.13. The molecule has 4 nitrogen and oxygen atoms in total. The maximum atomic E-state index is 6.28. The van der Waals surface area contributed by atoms with Crippen LogP contribution in [0.15, 0.2) is 30.6 Å². The van der Waals surface area contributed by atoms with E-state index in [4.69, 9.17) is 5.73 Å². The Kier molecular flexibility index (Phi) is 3.34. The monoisotopic (exact) mass is 256 g/mol. The Morgan fingerprint density at radius 1 is 1.16 bits per heavy atom. The van der Waals surface area contributed by atoms with E-state index < -0.39 is 0 Å². The molecule has 1 saturated carbocycles. The van der Waals surface area contributed by atoms with E-state index >= 15 is 0 Å². The molecule has 1 fully saturated rings. The Balaban J connectivity index is 1.99.